The molecule has 0 saturated carbocycles. The van der Waals surface area contributed by atoms with Crippen LogP contribution in [-0.2, 0) is 0 Å². The number of carbonyl (C=O) groups excluding carboxylic acids is 1. The van der Waals surface area contributed by atoms with Crippen LogP contribution in [0.1, 0.15) is 26.8 Å². The molecule has 142 valence electrons. The van der Waals surface area contributed by atoms with Crippen LogP contribution in [0.25, 0.3) is 5.70 Å². The molecule has 6 heteroatoms. The molecule has 1 amide bonds. The van der Waals surface area contributed by atoms with Crippen LogP contribution in [0.15, 0.2) is 72.1 Å². The molecule has 4 rings (SSSR count). The second-order valence-electron chi connectivity index (χ2n) is 6.29. The van der Waals surface area contributed by atoms with E-state index in [9.17, 15) is 4.79 Å². The van der Waals surface area contributed by atoms with Crippen LogP contribution in [0.2, 0.25) is 0 Å². The maximum atomic E-state index is 13.3. The SMILES string of the molecule is COc1ccc(C2=C[C@H](c3cccs3)N(C(=O)c3cccc(OC)c3)N2)cc1. The lowest BCUT2D eigenvalue weighted by Gasteiger charge is -2.25. The lowest BCUT2D eigenvalue weighted by atomic mass is 10.1. The number of nitrogens with one attached hydrogen (secondary N) is 1. The molecule has 0 saturated heterocycles. The highest BCUT2D eigenvalue weighted by molar-refractivity contribution is 7.10. The van der Waals surface area contributed by atoms with E-state index in [0.717, 1.165) is 21.9 Å². The molecule has 1 atom stereocenters. The van der Waals surface area contributed by atoms with E-state index in [1.54, 1.807) is 42.7 Å². The molecule has 0 bridgehead atoms. The number of amides is 1. The quantitative estimate of drug-likeness (QED) is 0.694. The van der Waals surface area contributed by atoms with Crippen LogP contribution in [0.4, 0.5) is 0 Å². The normalized spacial score (nSPS) is 15.7. The third-order valence-electron chi connectivity index (χ3n) is 4.61. The van der Waals surface area contributed by atoms with E-state index in [4.69, 9.17) is 9.47 Å². The number of methoxy groups -OCH3 is 2. The average Bonchev–Trinajstić information content (AvgIpc) is 3.43. The zero-order chi connectivity index (χ0) is 19.5. The maximum absolute atomic E-state index is 13.3. The summed E-state index contributed by atoms with van der Waals surface area (Å²) in [4.78, 5) is 14.3. The Bertz CT molecular complexity index is 997. The van der Waals surface area contributed by atoms with E-state index in [-0.39, 0.29) is 11.9 Å². The summed E-state index contributed by atoms with van der Waals surface area (Å²) in [7, 11) is 3.24. The first kappa shape index (κ1) is 18.1. The molecule has 1 aliphatic rings. The van der Waals surface area contributed by atoms with Gasteiger partial charge in [0.2, 0.25) is 0 Å². The van der Waals surface area contributed by atoms with Crippen molar-refractivity contribution in [3.8, 4) is 11.5 Å². The smallest absolute Gasteiger partial charge is 0.273 e. The molecule has 0 spiro atoms. The van der Waals surface area contributed by atoms with Crippen molar-refractivity contribution in [1.29, 1.82) is 0 Å². The second-order valence-corrected chi connectivity index (χ2v) is 7.27. The first-order valence-corrected chi connectivity index (χ1v) is 9.71. The fourth-order valence-corrected chi connectivity index (χ4v) is 3.93. The summed E-state index contributed by atoms with van der Waals surface area (Å²) in [6.45, 7) is 0. The Morgan fingerprint density at radius 1 is 1.00 bits per heavy atom. The van der Waals surface area contributed by atoms with Crippen molar-refractivity contribution in [1.82, 2.24) is 10.4 Å². The highest BCUT2D eigenvalue weighted by atomic mass is 32.1. The zero-order valence-electron chi connectivity index (χ0n) is 15.6. The summed E-state index contributed by atoms with van der Waals surface area (Å²) in [5.41, 5.74) is 5.73. The van der Waals surface area contributed by atoms with Gasteiger partial charge in [-0.15, -0.1) is 11.3 Å². The number of nitrogens with zero attached hydrogens (tertiary/aromatic N) is 1. The van der Waals surface area contributed by atoms with Crippen molar-refractivity contribution in [2.24, 2.45) is 0 Å². The van der Waals surface area contributed by atoms with E-state index >= 15 is 0 Å². The number of hydrogen-bond donors (Lipinski definition) is 1. The van der Waals surface area contributed by atoms with Gasteiger partial charge in [-0.2, -0.15) is 0 Å². The Balaban J connectivity index is 1.67. The molecule has 1 N–H and O–H groups in total. The van der Waals surface area contributed by atoms with Crippen LogP contribution in [0, 0.1) is 0 Å². The van der Waals surface area contributed by atoms with Crippen molar-refractivity contribution in [2.75, 3.05) is 14.2 Å². The summed E-state index contributed by atoms with van der Waals surface area (Å²) >= 11 is 1.62. The predicted octanol–water partition coefficient (Wildman–Crippen LogP) is 4.51. The molecule has 1 aromatic heterocycles. The Morgan fingerprint density at radius 3 is 2.46 bits per heavy atom. The molecular weight excluding hydrogens is 372 g/mol. The molecule has 1 aliphatic heterocycles. The highest BCUT2D eigenvalue weighted by Gasteiger charge is 2.32. The minimum atomic E-state index is -0.184. The van der Waals surface area contributed by atoms with Gasteiger partial charge < -0.3 is 9.47 Å². The predicted molar refractivity (Wildman–Crippen MR) is 110 cm³/mol. The van der Waals surface area contributed by atoms with E-state index in [1.165, 1.54) is 0 Å². The van der Waals surface area contributed by atoms with Crippen molar-refractivity contribution in [3.05, 3.63) is 88.1 Å². The van der Waals surface area contributed by atoms with Crippen molar-refractivity contribution in [2.45, 2.75) is 6.04 Å². The first-order valence-electron chi connectivity index (χ1n) is 8.83. The minimum Gasteiger partial charge on any atom is -0.497 e. The fourth-order valence-electron chi connectivity index (χ4n) is 3.14. The molecule has 3 aromatic rings. The Labute approximate surface area is 167 Å². The Kier molecular flexibility index (Phi) is 5.04. The number of hydrogen-bond acceptors (Lipinski definition) is 5. The van der Waals surface area contributed by atoms with E-state index < -0.39 is 0 Å². The number of thiophene rings is 1. The lowest BCUT2D eigenvalue weighted by Crippen LogP contribution is -2.39. The molecule has 0 unspecified atom stereocenters. The summed E-state index contributed by atoms with van der Waals surface area (Å²) in [5, 5.41) is 3.68. The molecule has 0 radical (unpaired) electrons. The van der Waals surface area contributed by atoms with Gasteiger partial charge in [-0.3, -0.25) is 10.2 Å². The molecule has 2 heterocycles. The van der Waals surface area contributed by atoms with E-state index in [2.05, 4.69) is 11.5 Å². The fraction of sp³-hybridized carbons (Fsp3) is 0.136. The van der Waals surface area contributed by atoms with Gasteiger partial charge in [0.15, 0.2) is 0 Å². The Morgan fingerprint density at radius 2 is 1.79 bits per heavy atom. The van der Waals surface area contributed by atoms with E-state index in [0.29, 0.717) is 11.3 Å². The molecule has 28 heavy (non-hydrogen) atoms. The zero-order valence-corrected chi connectivity index (χ0v) is 16.4. The highest BCUT2D eigenvalue weighted by Crippen LogP contribution is 2.35. The summed E-state index contributed by atoms with van der Waals surface area (Å²) in [6.07, 6.45) is 2.08. The number of rotatable bonds is 5. The van der Waals surface area contributed by atoms with Gasteiger partial charge in [0, 0.05) is 10.4 Å². The van der Waals surface area contributed by atoms with Gasteiger partial charge in [-0.05, 0) is 65.6 Å². The van der Waals surface area contributed by atoms with Crippen molar-refractivity contribution in [3.63, 3.8) is 0 Å². The molecule has 0 fully saturated rings. The van der Waals surface area contributed by atoms with Gasteiger partial charge >= 0.3 is 0 Å². The monoisotopic (exact) mass is 392 g/mol. The van der Waals surface area contributed by atoms with Crippen LogP contribution in [0.3, 0.4) is 0 Å². The van der Waals surface area contributed by atoms with Gasteiger partial charge in [0.1, 0.15) is 17.5 Å². The minimum absolute atomic E-state index is 0.114. The third kappa shape index (κ3) is 3.46. The third-order valence-corrected chi connectivity index (χ3v) is 5.56. The van der Waals surface area contributed by atoms with Gasteiger partial charge in [0.05, 0.1) is 19.9 Å². The topological polar surface area (TPSA) is 50.8 Å². The van der Waals surface area contributed by atoms with Gasteiger partial charge in [0.25, 0.3) is 5.91 Å². The van der Waals surface area contributed by atoms with Crippen LogP contribution in [0.5, 0.6) is 11.5 Å². The van der Waals surface area contributed by atoms with Crippen LogP contribution >= 0.6 is 11.3 Å². The average molecular weight is 392 g/mol. The van der Waals surface area contributed by atoms with Crippen LogP contribution in [-0.4, -0.2) is 25.1 Å². The summed E-state index contributed by atoms with van der Waals surface area (Å²) in [5.74, 6) is 1.33. The van der Waals surface area contributed by atoms with Crippen LogP contribution < -0.4 is 14.9 Å². The molecular formula is C22H20N2O3S. The number of hydrazine groups is 1. The molecule has 5 nitrogen and oxygen atoms in total. The number of benzene rings is 2. The lowest BCUT2D eigenvalue weighted by molar-refractivity contribution is 0.0674. The maximum Gasteiger partial charge on any atom is 0.273 e. The number of carbonyl (C=O) groups is 1. The summed E-state index contributed by atoms with van der Waals surface area (Å²) in [6, 6.07) is 18.8. The van der Waals surface area contributed by atoms with Gasteiger partial charge in [-0.1, -0.05) is 12.1 Å². The van der Waals surface area contributed by atoms with E-state index in [1.807, 2.05) is 53.9 Å². The number of ether oxygens (including phenoxy) is 2. The second kappa shape index (κ2) is 7.78. The van der Waals surface area contributed by atoms with Gasteiger partial charge in [-0.25, -0.2) is 5.01 Å². The molecule has 2 aromatic carbocycles. The first-order chi connectivity index (χ1) is 13.7. The largest absolute Gasteiger partial charge is 0.497 e. The summed E-state index contributed by atoms with van der Waals surface area (Å²) < 4.78 is 10.5. The standard InChI is InChI=1S/C22H20N2O3S/c1-26-17-10-8-15(9-11-17)19-14-20(21-7-4-12-28-21)24(23-19)22(25)16-5-3-6-18(13-16)27-2/h3-14,20,23H,1-2H3/t20-/m1/s1. The molecule has 0 aliphatic carbocycles. The Hall–Kier alpha value is -3.25. The van der Waals surface area contributed by atoms with Crippen molar-refractivity contribution < 1.29 is 14.3 Å². The van der Waals surface area contributed by atoms with Crippen molar-refractivity contribution >= 4 is 22.9 Å².